The van der Waals surface area contributed by atoms with Crippen molar-refractivity contribution in [1.82, 2.24) is 14.9 Å². The van der Waals surface area contributed by atoms with Gasteiger partial charge in [0.1, 0.15) is 5.52 Å². The number of fused-ring (bicyclic) bond motifs is 1. The number of rotatable bonds is 2. The number of hydrogen-bond acceptors (Lipinski definition) is 2. The lowest BCUT2D eigenvalue weighted by atomic mass is 10.1. The standard InChI is InChI=1S/C13H16IN3O/c1-8(11-3-2-5-15-11)17-7-10(14)9-4-6-16-13(18)12(9)17/h4,6-8,11,15H,2-3,5H2,1H3,(H,16,18)/t8-,11-/m0/s1. The largest absolute Gasteiger partial charge is 0.338 e. The summed E-state index contributed by atoms with van der Waals surface area (Å²) >= 11 is 2.30. The highest BCUT2D eigenvalue weighted by molar-refractivity contribution is 14.1. The molecule has 5 heteroatoms. The predicted molar refractivity (Wildman–Crippen MR) is 81.0 cm³/mol. The molecule has 2 N–H and O–H groups in total. The van der Waals surface area contributed by atoms with Gasteiger partial charge in [-0.05, 0) is 55.0 Å². The molecule has 1 fully saturated rings. The van der Waals surface area contributed by atoms with Gasteiger partial charge in [0.25, 0.3) is 5.56 Å². The fraction of sp³-hybridized carbons (Fsp3) is 0.462. The molecule has 3 rings (SSSR count). The Hall–Kier alpha value is -0.820. The Kier molecular flexibility index (Phi) is 3.19. The van der Waals surface area contributed by atoms with Crippen molar-refractivity contribution in [3.63, 3.8) is 0 Å². The molecule has 2 aromatic rings. The number of hydrogen-bond donors (Lipinski definition) is 2. The molecule has 4 nitrogen and oxygen atoms in total. The molecular weight excluding hydrogens is 341 g/mol. The lowest BCUT2D eigenvalue weighted by Gasteiger charge is -2.21. The molecule has 0 radical (unpaired) electrons. The molecule has 18 heavy (non-hydrogen) atoms. The van der Waals surface area contributed by atoms with Crippen LogP contribution in [0.3, 0.4) is 0 Å². The smallest absolute Gasteiger partial charge is 0.272 e. The summed E-state index contributed by atoms with van der Waals surface area (Å²) in [5.74, 6) is 0. The molecular formula is C13H16IN3O. The molecule has 2 atom stereocenters. The molecule has 0 saturated carbocycles. The van der Waals surface area contributed by atoms with Crippen LogP contribution in [0.5, 0.6) is 0 Å². The van der Waals surface area contributed by atoms with Crippen molar-refractivity contribution in [3.8, 4) is 0 Å². The zero-order valence-corrected chi connectivity index (χ0v) is 12.4. The Morgan fingerprint density at radius 3 is 3.11 bits per heavy atom. The van der Waals surface area contributed by atoms with E-state index in [0.29, 0.717) is 12.1 Å². The first-order chi connectivity index (χ1) is 8.68. The van der Waals surface area contributed by atoms with E-state index in [9.17, 15) is 4.79 Å². The highest BCUT2D eigenvalue weighted by Gasteiger charge is 2.24. The van der Waals surface area contributed by atoms with Gasteiger partial charge in [0.15, 0.2) is 0 Å². The summed E-state index contributed by atoms with van der Waals surface area (Å²) < 4.78 is 3.26. The van der Waals surface area contributed by atoms with Gasteiger partial charge in [-0.2, -0.15) is 0 Å². The minimum atomic E-state index is 0.000243. The van der Waals surface area contributed by atoms with Crippen LogP contribution in [-0.4, -0.2) is 22.1 Å². The summed E-state index contributed by atoms with van der Waals surface area (Å²) in [6, 6.07) is 2.75. The summed E-state index contributed by atoms with van der Waals surface area (Å²) in [4.78, 5) is 14.8. The molecule has 0 unspecified atom stereocenters. The first-order valence-electron chi connectivity index (χ1n) is 6.29. The van der Waals surface area contributed by atoms with Gasteiger partial charge in [0.05, 0.1) is 0 Å². The van der Waals surface area contributed by atoms with Gasteiger partial charge in [-0.3, -0.25) is 4.79 Å². The number of aromatic nitrogens is 2. The SMILES string of the molecule is C[C@@H]([C@@H]1CCCN1)n1cc(I)c2cc[nH]c(=O)c21. The van der Waals surface area contributed by atoms with Crippen LogP contribution < -0.4 is 10.9 Å². The molecule has 96 valence electrons. The van der Waals surface area contributed by atoms with Gasteiger partial charge >= 0.3 is 0 Å². The van der Waals surface area contributed by atoms with Crippen molar-refractivity contribution in [1.29, 1.82) is 0 Å². The fourth-order valence-corrected chi connectivity index (χ4v) is 3.55. The average molecular weight is 357 g/mol. The third kappa shape index (κ3) is 1.89. The number of nitrogens with one attached hydrogen (secondary N) is 2. The van der Waals surface area contributed by atoms with Crippen molar-refractivity contribution in [2.75, 3.05) is 6.54 Å². The maximum Gasteiger partial charge on any atom is 0.272 e. The topological polar surface area (TPSA) is 49.8 Å². The van der Waals surface area contributed by atoms with E-state index in [2.05, 4.69) is 50.6 Å². The molecule has 0 bridgehead atoms. The third-order valence-corrected chi connectivity index (χ3v) is 4.68. The van der Waals surface area contributed by atoms with Crippen LogP contribution in [0.4, 0.5) is 0 Å². The molecule has 1 aliphatic heterocycles. The number of aromatic amines is 1. The van der Waals surface area contributed by atoms with E-state index in [0.717, 1.165) is 21.0 Å². The van der Waals surface area contributed by atoms with E-state index in [1.807, 2.05) is 6.07 Å². The van der Waals surface area contributed by atoms with Crippen molar-refractivity contribution in [2.45, 2.75) is 31.8 Å². The van der Waals surface area contributed by atoms with Crippen LogP contribution in [0, 0.1) is 3.57 Å². The normalized spacial score (nSPS) is 21.6. The lowest BCUT2D eigenvalue weighted by molar-refractivity contribution is 0.418. The van der Waals surface area contributed by atoms with Gasteiger partial charge in [-0.15, -0.1) is 0 Å². The molecule has 1 saturated heterocycles. The zero-order chi connectivity index (χ0) is 12.7. The second-order valence-corrected chi connectivity index (χ2v) is 6.06. The first kappa shape index (κ1) is 12.2. The number of pyridine rings is 1. The maximum absolute atomic E-state index is 12.0. The molecule has 0 amide bonds. The van der Waals surface area contributed by atoms with E-state index in [4.69, 9.17) is 0 Å². The lowest BCUT2D eigenvalue weighted by Crippen LogP contribution is -2.31. The molecule has 3 heterocycles. The number of nitrogens with zero attached hydrogens (tertiary/aromatic N) is 1. The second kappa shape index (κ2) is 4.70. The first-order valence-corrected chi connectivity index (χ1v) is 7.37. The summed E-state index contributed by atoms with van der Waals surface area (Å²) in [5.41, 5.74) is 0.795. The van der Waals surface area contributed by atoms with Crippen molar-refractivity contribution in [3.05, 3.63) is 32.4 Å². The van der Waals surface area contributed by atoms with E-state index >= 15 is 0 Å². The summed E-state index contributed by atoms with van der Waals surface area (Å²) in [5, 5.41) is 4.56. The van der Waals surface area contributed by atoms with Crippen molar-refractivity contribution in [2.24, 2.45) is 0 Å². The maximum atomic E-state index is 12.0. The number of halogens is 1. The molecule has 2 aromatic heterocycles. The second-order valence-electron chi connectivity index (χ2n) is 4.90. The van der Waals surface area contributed by atoms with E-state index in [-0.39, 0.29) is 5.56 Å². The van der Waals surface area contributed by atoms with E-state index in [1.165, 1.54) is 12.8 Å². The van der Waals surface area contributed by atoms with Crippen molar-refractivity contribution < 1.29 is 0 Å². The predicted octanol–water partition coefficient (Wildman–Crippen LogP) is 2.25. The zero-order valence-electron chi connectivity index (χ0n) is 10.2. The Bertz CT molecular complexity index is 625. The highest BCUT2D eigenvalue weighted by atomic mass is 127. The Morgan fingerprint density at radius 1 is 1.56 bits per heavy atom. The van der Waals surface area contributed by atoms with Crippen LogP contribution in [-0.2, 0) is 0 Å². The minimum absolute atomic E-state index is 0.000243. The Morgan fingerprint density at radius 2 is 2.39 bits per heavy atom. The average Bonchev–Trinajstić information content (AvgIpc) is 2.98. The van der Waals surface area contributed by atoms with Crippen molar-refractivity contribution >= 4 is 33.5 Å². The van der Waals surface area contributed by atoms with Gasteiger partial charge in [0, 0.05) is 33.4 Å². The van der Waals surface area contributed by atoms with Crippen LogP contribution >= 0.6 is 22.6 Å². The number of H-pyrrole nitrogens is 1. The Labute approximate surface area is 119 Å². The minimum Gasteiger partial charge on any atom is -0.338 e. The molecule has 0 aromatic carbocycles. The van der Waals surface area contributed by atoms with E-state index in [1.54, 1.807) is 6.20 Å². The monoisotopic (exact) mass is 357 g/mol. The highest BCUT2D eigenvalue weighted by Crippen LogP contribution is 2.27. The van der Waals surface area contributed by atoms with Crippen LogP contribution in [0.1, 0.15) is 25.8 Å². The van der Waals surface area contributed by atoms with Gasteiger partial charge < -0.3 is 14.9 Å². The summed E-state index contributed by atoms with van der Waals surface area (Å²) in [6.07, 6.45) is 6.21. The van der Waals surface area contributed by atoms with Crippen LogP contribution in [0.25, 0.3) is 10.9 Å². The quantitative estimate of drug-likeness (QED) is 0.810. The fourth-order valence-electron chi connectivity index (χ4n) is 2.81. The third-order valence-electron chi connectivity index (χ3n) is 3.82. The molecule has 0 spiro atoms. The molecule has 1 aliphatic rings. The summed E-state index contributed by atoms with van der Waals surface area (Å²) in [6.45, 7) is 3.27. The summed E-state index contributed by atoms with van der Waals surface area (Å²) in [7, 11) is 0. The van der Waals surface area contributed by atoms with Crippen LogP contribution in [0.15, 0.2) is 23.3 Å². The van der Waals surface area contributed by atoms with Gasteiger partial charge in [0.2, 0.25) is 0 Å². The Balaban J connectivity index is 2.14. The van der Waals surface area contributed by atoms with Gasteiger partial charge in [-0.1, -0.05) is 0 Å². The van der Waals surface area contributed by atoms with E-state index < -0.39 is 0 Å². The van der Waals surface area contributed by atoms with Gasteiger partial charge in [-0.25, -0.2) is 0 Å². The molecule has 0 aliphatic carbocycles. The van der Waals surface area contributed by atoms with Crippen LogP contribution in [0.2, 0.25) is 0 Å².